The Balaban J connectivity index is 2.09. The Bertz CT molecular complexity index is 111. The highest BCUT2D eigenvalue weighted by Gasteiger charge is 2.20. The summed E-state index contributed by atoms with van der Waals surface area (Å²) >= 11 is 0. The predicted octanol–water partition coefficient (Wildman–Crippen LogP) is 0.0888. The fourth-order valence-electron chi connectivity index (χ4n) is 0.527. The molecular formula is C5H9NO3. The zero-order valence-electron chi connectivity index (χ0n) is 5.22. The Hall–Kier alpha value is -0.770. The summed E-state index contributed by atoms with van der Waals surface area (Å²) in [5.41, 5.74) is 0. The van der Waals surface area contributed by atoms with Gasteiger partial charge in [-0.05, 0) is 0 Å². The van der Waals surface area contributed by atoms with Crippen molar-refractivity contribution in [3.63, 3.8) is 0 Å². The molecule has 1 N–H and O–H groups in total. The van der Waals surface area contributed by atoms with E-state index in [4.69, 9.17) is 0 Å². The van der Waals surface area contributed by atoms with Crippen molar-refractivity contribution in [2.24, 2.45) is 0 Å². The average Bonchev–Trinajstić information content (AvgIpc) is 1.78. The van der Waals surface area contributed by atoms with Gasteiger partial charge in [-0.3, -0.25) is 5.32 Å². The first-order valence-electron chi connectivity index (χ1n) is 2.81. The van der Waals surface area contributed by atoms with Crippen LogP contribution in [0.5, 0.6) is 0 Å². The smallest absolute Gasteiger partial charge is 0.438 e. The van der Waals surface area contributed by atoms with Gasteiger partial charge in [-0.2, -0.15) is 0 Å². The highest BCUT2D eigenvalue weighted by Crippen LogP contribution is 2.03. The van der Waals surface area contributed by atoms with E-state index in [1.165, 1.54) is 7.11 Å². The third kappa shape index (κ3) is 1.57. The molecule has 52 valence electrons. The van der Waals surface area contributed by atoms with Crippen LogP contribution in [0, 0.1) is 0 Å². The molecule has 1 atom stereocenters. The lowest BCUT2D eigenvalue weighted by Crippen LogP contribution is -2.45. The van der Waals surface area contributed by atoms with Crippen molar-refractivity contribution in [3.8, 4) is 0 Å². The van der Waals surface area contributed by atoms with E-state index in [2.05, 4.69) is 14.8 Å². The number of hydrogen-bond donors (Lipinski definition) is 1. The van der Waals surface area contributed by atoms with Gasteiger partial charge >= 0.3 is 6.16 Å². The van der Waals surface area contributed by atoms with Crippen molar-refractivity contribution in [1.82, 2.24) is 5.32 Å². The van der Waals surface area contributed by atoms with E-state index in [1.54, 1.807) is 0 Å². The van der Waals surface area contributed by atoms with Gasteiger partial charge in [0, 0.05) is 13.0 Å². The quantitative estimate of drug-likeness (QED) is 0.512. The van der Waals surface area contributed by atoms with Gasteiger partial charge in [-0.1, -0.05) is 0 Å². The van der Waals surface area contributed by atoms with Gasteiger partial charge in [0.15, 0.2) is 6.23 Å². The van der Waals surface area contributed by atoms with Gasteiger partial charge in [0.2, 0.25) is 0 Å². The molecule has 4 nitrogen and oxygen atoms in total. The SMILES string of the molecule is COC(=O)OC1CCN1. The van der Waals surface area contributed by atoms with Crippen molar-refractivity contribution in [2.75, 3.05) is 13.7 Å². The Labute approximate surface area is 53.1 Å². The normalized spacial score (nSPS) is 24.3. The van der Waals surface area contributed by atoms with Crippen LogP contribution >= 0.6 is 0 Å². The fourth-order valence-corrected chi connectivity index (χ4v) is 0.527. The molecule has 0 bridgehead atoms. The van der Waals surface area contributed by atoms with E-state index >= 15 is 0 Å². The molecule has 1 heterocycles. The third-order valence-corrected chi connectivity index (χ3v) is 1.18. The van der Waals surface area contributed by atoms with Crippen LogP contribution in [0.25, 0.3) is 0 Å². The van der Waals surface area contributed by atoms with E-state index < -0.39 is 6.16 Å². The van der Waals surface area contributed by atoms with E-state index in [1.807, 2.05) is 0 Å². The second-order valence-electron chi connectivity index (χ2n) is 1.80. The minimum Gasteiger partial charge on any atom is -0.438 e. The van der Waals surface area contributed by atoms with Gasteiger partial charge in [0.25, 0.3) is 0 Å². The lowest BCUT2D eigenvalue weighted by molar-refractivity contribution is -0.00448. The number of carbonyl (C=O) groups is 1. The molecule has 1 saturated heterocycles. The molecule has 1 unspecified atom stereocenters. The number of hydrogen-bond acceptors (Lipinski definition) is 4. The summed E-state index contributed by atoms with van der Waals surface area (Å²) in [6, 6.07) is 0. The van der Waals surface area contributed by atoms with Crippen LogP contribution in [0.15, 0.2) is 0 Å². The molecule has 1 fully saturated rings. The van der Waals surface area contributed by atoms with Crippen molar-refractivity contribution in [1.29, 1.82) is 0 Å². The lowest BCUT2D eigenvalue weighted by Gasteiger charge is -2.25. The summed E-state index contributed by atoms with van der Waals surface area (Å²) < 4.78 is 8.92. The van der Waals surface area contributed by atoms with Gasteiger partial charge < -0.3 is 9.47 Å². The minimum atomic E-state index is -0.618. The second kappa shape index (κ2) is 2.68. The molecule has 0 amide bonds. The largest absolute Gasteiger partial charge is 0.509 e. The molecule has 1 aliphatic heterocycles. The fraction of sp³-hybridized carbons (Fsp3) is 0.800. The molecule has 1 rings (SSSR count). The van der Waals surface area contributed by atoms with Crippen molar-refractivity contribution in [2.45, 2.75) is 12.6 Å². The number of ether oxygens (including phenoxy) is 2. The van der Waals surface area contributed by atoms with E-state index in [0.29, 0.717) is 0 Å². The van der Waals surface area contributed by atoms with E-state index in [-0.39, 0.29) is 6.23 Å². The molecule has 4 heteroatoms. The summed E-state index contributed by atoms with van der Waals surface area (Å²) in [5, 5.41) is 2.89. The molecule has 0 aromatic heterocycles. The van der Waals surface area contributed by atoms with Crippen LogP contribution in [-0.2, 0) is 9.47 Å². The minimum absolute atomic E-state index is 0.113. The highest BCUT2D eigenvalue weighted by molar-refractivity contribution is 5.59. The zero-order chi connectivity index (χ0) is 6.69. The van der Waals surface area contributed by atoms with Crippen molar-refractivity contribution >= 4 is 6.16 Å². The Kier molecular flexibility index (Phi) is 1.89. The first-order valence-corrected chi connectivity index (χ1v) is 2.81. The molecule has 0 aromatic carbocycles. The Morgan fingerprint density at radius 3 is 2.78 bits per heavy atom. The van der Waals surface area contributed by atoms with Crippen molar-refractivity contribution in [3.05, 3.63) is 0 Å². The van der Waals surface area contributed by atoms with Gasteiger partial charge in [0.1, 0.15) is 0 Å². The Morgan fingerprint density at radius 1 is 1.78 bits per heavy atom. The van der Waals surface area contributed by atoms with Gasteiger partial charge in [0.05, 0.1) is 7.11 Å². The van der Waals surface area contributed by atoms with E-state index in [0.717, 1.165) is 13.0 Å². The van der Waals surface area contributed by atoms with Crippen LogP contribution in [0.4, 0.5) is 4.79 Å². The molecule has 0 aliphatic carbocycles. The van der Waals surface area contributed by atoms with E-state index in [9.17, 15) is 4.79 Å². The first-order chi connectivity index (χ1) is 4.33. The third-order valence-electron chi connectivity index (χ3n) is 1.18. The van der Waals surface area contributed by atoms with Crippen LogP contribution in [-0.4, -0.2) is 26.0 Å². The lowest BCUT2D eigenvalue weighted by atomic mass is 10.2. The van der Waals surface area contributed by atoms with Crippen molar-refractivity contribution < 1.29 is 14.3 Å². The summed E-state index contributed by atoms with van der Waals surface area (Å²) in [7, 11) is 1.29. The van der Waals surface area contributed by atoms with Crippen LogP contribution in [0.1, 0.15) is 6.42 Å². The summed E-state index contributed by atoms with van der Waals surface area (Å²) in [6.45, 7) is 0.918. The Morgan fingerprint density at radius 2 is 2.44 bits per heavy atom. The topological polar surface area (TPSA) is 47.6 Å². The molecule has 1 aliphatic rings. The predicted molar refractivity (Wildman–Crippen MR) is 29.9 cm³/mol. The number of carbonyl (C=O) groups excluding carboxylic acids is 1. The molecular weight excluding hydrogens is 122 g/mol. The van der Waals surface area contributed by atoms with Crippen LogP contribution in [0.3, 0.4) is 0 Å². The summed E-state index contributed by atoms with van der Waals surface area (Å²) in [4.78, 5) is 10.3. The molecule has 0 radical (unpaired) electrons. The second-order valence-corrected chi connectivity index (χ2v) is 1.80. The monoisotopic (exact) mass is 131 g/mol. The summed E-state index contributed by atoms with van der Waals surface area (Å²) in [5.74, 6) is 0. The maximum atomic E-state index is 10.3. The molecule has 0 spiro atoms. The average molecular weight is 131 g/mol. The number of nitrogens with one attached hydrogen (secondary N) is 1. The standard InChI is InChI=1S/C5H9NO3/c1-8-5(7)9-4-2-3-6-4/h4,6H,2-3H2,1H3. The molecule has 0 saturated carbocycles. The molecule has 9 heavy (non-hydrogen) atoms. The maximum Gasteiger partial charge on any atom is 0.509 e. The maximum absolute atomic E-state index is 10.3. The zero-order valence-corrected chi connectivity index (χ0v) is 5.22. The van der Waals surface area contributed by atoms with Crippen LogP contribution < -0.4 is 5.32 Å². The number of methoxy groups -OCH3 is 1. The van der Waals surface area contributed by atoms with Gasteiger partial charge in [-0.15, -0.1) is 0 Å². The number of rotatable bonds is 1. The summed E-state index contributed by atoms with van der Waals surface area (Å²) in [6.07, 6.45) is 0.152. The van der Waals surface area contributed by atoms with Crippen LogP contribution in [0.2, 0.25) is 0 Å². The highest BCUT2D eigenvalue weighted by atomic mass is 16.7. The van der Waals surface area contributed by atoms with Gasteiger partial charge in [-0.25, -0.2) is 4.79 Å². The molecule has 0 aromatic rings. The first kappa shape index (κ1) is 6.35.